The van der Waals surface area contributed by atoms with E-state index in [4.69, 9.17) is 0 Å². The number of nitrogens with zero attached hydrogens (tertiary/aromatic N) is 1. The van der Waals surface area contributed by atoms with Crippen LogP contribution in [0.15, 0.2) is 12.1 Å². The zero-order valence-corrected chi connectivity index (χ0v) is 11.0. The van der Waals surface area contributed by atoms with Crippen molar-refractivity contribution in [2.45, 2.75) is 34.6 Å². The van der Waals surface area contributed by atoms with Crippen molar-refractivity contribution in [3.8, 4) is 0 Å². The normalized spacial score (nSPS) is 9.67. The van der Waals surface area contributed by atoms with Crippen LogP contribution in [0.1, 0.15) is 32.0 Å². The maximum absolute atomic E-state index is 2.42. The smallest absolute Gasteiger partial charge is 1.00 e. The number of rotatable bonds is 3. The third kappa shape index (κ3) is 3.29. The fourth-order valence-electron chi connectivity index (χ4n) is 2.21. The minimum atomic E-state index is 0. The van der Waals surface area contributed by atoms with E-state index in [-0.39, 0.29) is 20.3 Å². The van der Waals surface area contributed by atoms with Crippen LogP contribution in [0.25, 0.3) is 0 Å². The second kappa shape index (κ2) is 6.25. The first-order valence-electron chi connectivity index (χ1n) is 5.42. The Morgan fingerprint density at radius 1 is 1.00 bits per heavy atom. The van der Waals surface area contributed by atoms with Gasteiger partial charge in [-0.2, -0.15) is 0 Å². The summed E-state index contributed by atoms with van der Waals surface area (Å²) in [4.78, 5) is 2.42. The van der Waals surface area contributed by atoms with Gasteiger partial charge in [0.15, 0.2) is 0 Å². The van der Waals surface area contributed by atoms with Gasteiger partial charge in [-0.25, -0.2) is 0 Å². The van der Waals surface area contributed by atoms with E-state index in [0.717, 1.165) is 13.1 Å². The van der Waals surface area contributed by atoms with Crippen LogP contribution < -0.4 is 23.8 Å². The van der Waals surface area contributed by atoms with Crippen LogP contribution in [-0.4, -0.2) is 13.1 Å². The van der Waals surface area contributed by atoms with Crippen LogP contribution in [0, 0.1) is 20.8 Å². The summed E-state index contributed by atoms with van der Waals surface area (Å²) in [5.74, 6) is 0. The third-order valence-electron chi connectivity index (χ3n) is 2.72. The fraction of sp³-hybridized carbons (Fsp3) is 0.538. The Bertz CT molecular complexity index is 299. The van der Waals surface area contributed by atoms with Gasteiger partial charge in [-0.3, -0.25) is 0 Å². The maximum atomic E-state index is 2.42. The Hall–Kier alpha value is -0.383. The number of anilines is 1. The molecular formula is C13H22LiN. The zero-order valence-electron chi connectivity index (χ0n) is 12.0. The van der Waals surface area contributed by atoms with E-state index in [0.29, 0.717) is 0 Å². The Morgan fingerprint density at radius 2 is 1.40 bits per heavy atom. The molecule has 0 aliphatic heterocycles. The molecule has 1 nitrogen and oxygen atoms in total. The number of hydrogen-bond acceptors (Lipinski definition) is 1. The predicted molar refractivity (Wildman–Crippen MR) is 65.3 cm³/mol. The molecule has 80 valence electrons. The Labute approximate surface area is 108 Å². The van der Waals surface area contributed by atoms with Crippen LogP contribution in [0.3, 0.4) is 0 Å². The summed E-state index contributed by atoms with van der Waals surface area (Å²) in [6.07, 6.45) is 0. The van der Waals surface area contributed by atoms with Crippen molar-refractivity contribution in [2.24, 2.45) is 0 Å². The van der Waals surface area contributed by atoms with E-state index in [1.54, 1.807) is 0 Å². The van der Waals surface area contributed by atoms with Gasteiger partial charge in [-0.1, -0.05) is 17.7 Å². The van der Waals surface area contributed by atoms with E-state index in [2.05, 4.69) is 51.7 Å². The first-order chi connectivity index (χ1) is 6.60. The summed E-state index contributed by atoms with van der Waals surface area (Å²) in [7, 11) is 0. The molecule has 0 aliphatic carbocycles. The van der Waals surface area contributed by atoms with Gasteiger partial charge in [-0.05, 0) is 45.7 Å². The molecule has 0 atom stereocenters. The molecule has 0 bridgehead atoms. The van der Waals surface area contributed by atoms with Gasteiger partial charge in [0.05, 0.1) is 0 Å². The molecule has 0 saturated carbocycles. The molecule has 0 radical (unpaired) electrons. The van der Waals surface area contributed by atoms with Crippen LogP contribution >= 0.6 is 0 Å². The number of hydrogen-bond donors (Lipinski definition) is 0. The maximum Gasteiger partial charge on any atom is 1.00 e. The van der Waals surface area contributed by atoms with Crippen molar-refractivity contribution in [1.29, 1.82) is 0 Å². The molecule has 0 aromatic heterocycles. The monoisotopic (exact) mass is 199 g/mol. The first-order valence-corrected chi connectivity index (χ1v) is 5.42. The number of aryl methyl sites for hydroxylation is 3. The molecule has 0 N–H and O–H groups in total. The van der Waals surface area contributed by atoms with Crippen molar-refractivity contribution < 1.29 is 20.3 Å². The summed E-state index contributed by atoms with van der Waals surface area (Å²) in [6.45, 7) is 13.2. The molecule has 0 unspecified atom stereocenters. The molecule has 1 aromatic carbocycles. The zero-order chi connectivity index (χ0) is 10.7. The van der Waals surface area contributed by atoms with E-state index in [1.807, 2.05) is 0 Å². The summed E-state index contributed by atoms with van der Waals surface area (Å²) >= 11 is 0. The van der Waals surface area contributed by atoms with E-state index < -0.39 is 0 Å². The summed E-state index contributed by atoms with van der Waals surface area (Å²) in [5, 5.41) is 0. The quantitative estimate of drug-likeness (QED) is 0.643. The molecule has 0 fully saturated rings. The average molecular weight is 199 g/mol. The van der Waals surface area contributed by atoms with Gasteiger partial charge < -0.3 is 6.33 Å². The average Bonchev–Trinajstić information content (AvgIpc) is 2.10. The van der Waals surface area contributed by atoms with Crippen LogP contribution in [-0.2, 0) is 0 Å². The predicted octanol–water partition coefficient (Wildman–Crippen LogP) is 0.575. The second-order valence-electron chi connectivity index (χ2n) is 3.92. The summed E-state index contributed by atoms with van der Waals surface area (Å²) in [5.41, 5.74) is 5.56. The van der Waals surface area contributed by atoms with Crippen LogP contribution in [0.5, 0.6) is 0 Å². The topological polar surface area (TPSA) is 3.24 Å². The van der Waals surface area contributed by atoms with Crippen LogP contribution in [0.2, 0.25) is 0 Å². The van der Waals surface area contributed by atoms with Gasteiger partial charge >= 0.3 is 18.9 Å². The molecule has 1 aromatic rings. The minimum Gasteiger partial charge on any atom is -1.00 e. The van der Waals surface area contributed by atoms with Crippen molar-refractivity contribution >= 4 is 5.69 Å². The Balaban J connectivity index is 0. The largest absolute Gasteiger partial charge is 1.00 e. The van der Waals surface area contributed by atoms with Gasteiger partial charge in [0.1, 0.15) is 0 Å². The van der Waals surface area contributed by atoms with Gasteiger partial charge in [-0.15, -0.1) is 0 Å². The Morgan fingerprint density at radius 3 is 1.73 bits per heavy atom. The molecule has 0 amide bonds. The van der Waals surface area contributed by atoms with E-state index >= 15 is 0 Å². The molecule has 15 heavy (non-hydrogen) atoms. The van der Waals surface area contributed by atoms with Crippen molar-refractivity contribution in [2.75, 3.05) is 18.0 Å². The van der Waals surface area contributed by atoms with Crippen molar-refractivity contribution in [3.63, 3.8) is 0 Å². The fourth-order valence-corrected chi connectivity index (χ4v) is 2.21. The summed E-state index contributed by atoms with van der Waals surface area (Å²) < 4.78 is 0. The minimum absolute atomic E-state index is 0. The van der Waals surface area contributed by atoms with Crippen molar-refractivity contribution in [3.05, 3.63) is 28.8 Å². The van der Waals surface area contributed by atoms with Gasteiger partial charge in [0, 0.05) is 18.8 Å². The van der Waals surface area contributed by atoms with Gasteiger partial charge in [0.25, 0.3) is 0 Å². The molecule has 0 saturated heterocycles. The first kappa shape index (κ1) is 14.6. The Kier molecular flexibility index (Phi) is 6.10. The standard InChI is InChI=1S/C13H21N.Li.H/c1-6-14(7-2)13-11(4)8-10(3)9-12(13)5;;/h8-9H,6-7H2,1-5H3;;/q;+1;-1. The second-order valence-corrected chi connectivity index (χ2v) is 3.92. The third-order valence-corrected chi connectivity index (χ3v) is 2.72. The summed E-state index contributed by atoms with van der Waals surface area (Å²) in [6, 6.07) is 4.53. The SMILES string of the molecule is CCN(CC)c1c(C)cc(C)cc1C.[H-].[Li+]. The molecule has 2 heteroatoms. The van der Waals surface area contributed by atoms with Crippen LogP contribution in [0.4, 0.5) is 5.69 Å². The van der Waals surface area contributed by atoms with Crippen molar-refractivity contribution in [1.82, 2.24) is 0 Å². The number of benzene rings is 1. The van der Waals surface area contributed by atoms with E-state index in [1.165, 1.54) is 22.4 Å². The molecular weight excluding hydrogens is 177 g/mol. The van der Waals surface area contributed by atoms with Gasteiger partial charge in [0.2, 0.25) is 0 Å². The molecule has 0 aliphatic rings. The molecule has 0 spiro atoms. The van der Waals surface area contributed by atoms with E-state index in [9.17, 15) is 0 Å². The molecule has 1 rings (SSSR count). The molecule has 0 heterocycles.